The molecule has 1 aromatic rings. The zero-order valence-electron chi connectivity index (χ0n) is 14.6. The fraction of sp³-hybridized carbons (Fsp3) is 0.389. The number of nitrogens with zero attached hydrogens (tertiary/aromatic N) is 1. The quantitative estimate of drug-likeness (QED) is 0.460. The van der Waals surface area contributed by atoms with Gasteiger partial charge in [-0.3, -0.25) is 34.2 Å². The van der Waals surface area contributed by atoms with E-state index in [2.05, 4.69) is 10.6 Å². The summed E-state index contributed by atoms with van der Waals surface area (Å²) in [5, 5.41) is 5.27. The number of hydrogen-bond donors (Lipinski definition) is 3. The van der Waals surface area contributed by atoms with Crippen molar-refractivity contribution in [3.05, 3.63) is 29.3 Å². The smallest absolute Gasteiger partial charge is 0.264 e. The predicted molar refractivity (Wildman–Crippen MR) is 94.6 cm³/mol. The molecule has 27 heavy (non-hydrogen) atoms. The van der Waals surface area contributed by atoms with E-state index in [9.17, 15) is 24.0 Å². The number of nitrogens with one attached hydrogen (secondary N) is 2. The molecule has 0 radical (unpaired) electrons. The lowest BCUT2D eigenvalue weighted by molar-refractivity contribution is -0.136. The Kier molecular flexibility index (Phi) is 5.20. The van der Waals surface area contributed by atoms with Crippen molar-refractivity contribution in [1.82, 2.24) is 10.2 Å². The van der Waals surface area contributed by atoms with Crippen molar-refractivity contribution in [3.63, 3.8) is 0 Å². The van der Waals surface area contributed by atoms with Crippen molar-refractivity contribution >= 4 is 35.2 Å². The molecule has 2 heterocycles. The molecule has 5 amide bonds. The highest BCUT2D eigenvalue weighted by molar-refractivity contribution is 6.25. The first-order valence-electron chi connectivity index (χ1n) is 8.77. The Hall–Kier alpha value is -3.23. The molecule has 2 aliphatic rings. The Morgan fingerprint density at radius 1 is 1.19 bits per heavy atom. The van der Waals surface area contributed by atoms with Gasteiger partial charge < -0.3 is 11.1 Å². The van der Waals surface area contributed by atoms with Crippen LogP contribution in [0.15, 0.2) is 18.2 Å². The molecule has 9 heteroatoms. The van der Waals surface area contributed by atoms with Gasteiger partial charge in [-0.25, -0.2) is 0 Å². The largest absolute Gasteiger partial charge is 0.384 e. The van der Waals surface area contributed by atoms with Crippen LogP contribution in [0.25, 0.3) is 0 Å². The molecule has 1 fully saturated rings. The normalized spacial score (nSPS) is 19.1. The number of carbonyl (C=O) groups is 5. The number of benzene rings is 1. The minimum atomic E-state index is -0.987. The Labute approximate surface area is 155 Å². The number of fused-ring (bicyclic) bond motifs is 1. The van der Waals surface area contributed by atoms with Crippen LogP contribution < -0.4 is 16.4 Å². The molecular formula is C18H20N4O5. The maximum atomic E-state index is 12.9. The number of rotatable bonds is 7. The average Bonchev–Trinajstić information content (AvgIpc) is 2.87. The monoisotopic (exact) mass is 372 g/mol. The topological polar surface area (TPSA) is 139 Å². The van der Waals surface area contributed by atoms with Gasteiger partial charge in [-0.2, -0.15) is 0 Å². The fourth-order valence-electron chi connectivity index (χ4n) is 3.31. The Bertz CT molecular complexity index is 835. The molecule has 1 aromatic carbocycles. The minimum Gasteiger partial charge on any atom is -0.384 e. The van der Waals surface area contributed by atoms with E-state index in [4.69, 9.17) is 5.73 Å². The zero-order chi connectivity index (χ0) is 19.6. The summed E-state index contributed by atoms with van der Waals surface area (Å²) < 4.78 is 0. The molecule has 0 bridgehead atoms. The van der Waals surface area contributed by atoms with Crippen molar-refractivity contribution in [2.24, 2.45) is 5.73 Å². The first kappa shape index (κ1) is 18.6. The second-order valence-electron chi connectivity index (χ2n) is 6.53. The Morgan fingerprint density at radius 2 is 1.96 bits per heavy atom. The Balaban J connectivity index is 1.75. The molecule has 0 saturated carbocycles. The molecule has 2 aliphatic heterocycles. The summed E-state index contributed by atoms with van der Waals surface area (Å²) in [4.78, 5) is 60.7. The van der Waals surface area contributed by atoms with Gasteiger partial charge in [0.15, 0.2) is 0 Å². The number of nitrogens with two attached hydrogens (primary N) is 1. The van der Waals surface area contributed by atoms with E-state index in [0.717, 1.165) is 4.90 Å². The van der Waals surface area contributed by atoms with Crippen molar-refractivity contribution in [3.8, 4) is 0 Å². The highest BCUT2D eigenvalue weighted by Crippen LogP contribution is 2.32. The van der Waals surface area contributed by atoms with Gasteiger partial charge in [0, 0.05) is 25.1 Å². The van der Waals surface area contributed by atoms with Crippen LogP contribution in [0, 0.1) is 0 Å². The molecule has 1 saturated heterocycles. The van der Waals surface area contributed by atoms with Gasteiger partial charge in [-0.05, 0) is 31.4 Å². The van der Waals surface area contributed by atoms with Gasteiger partial charge in [0.2, 0.25) is 17.7 Å². The second-order valence-corrected chi connectivity index (χ2v) is 6.53. The third-order valence-corrected chi connectivity index (χ3v) is 4.63. The molecule has 1 atom stereocenters. The summed E-state index contributed by atoms with van der Waals surface area (Å²) in [6.45, 7) is 0.504. The van der Waals surface area contributed by atoms with E-state index in [1.54, 1.807) is 18.2 Å². The SMILES string of the molecule is NC(=O)CCCCNc1cccc2c1C(=O)N(C1CCC(=O)NC1=O)C2=O. The van der Waals surface area contributed by atoms with Gasteiger partial charge in [0.25, 0.3) is 11.8 Å². The molecule has 142 valence electrons. The molecule has 0 aromatic heterocycles. The minimum absolute atomic E-state index is 0.0782. The van der Waals surface area contributed by atoms with Gasteiger partial charge in [0.1, 0.15) is 6.04 Å². The number of anilines is 1. The van der Waals surface area contributed by atoms with Crippen LogP contribution in [-0.4, -0.2) is 47.0 Å². The van der Waals surface area contributed by atoms with E-state index in [1.807, 2.05) is 0 Å². The number of imide groups is 2. The van der Waals surface area contributed by atoms with Crippen molar-refractivity contribution in [2.45, 2.75) is 38.1 Å². The standard InChI is InChI=1S/C18H20N4O5/c19-13(23)6-1-2-9-20-11-5-3-4-10-15(11)18(27)22(17(10)26)12-7-8-14(24)21-16(12)25/h3-5,12,20H,1-2,6-9H2,(H2,19,23)(H,21,24,25). The highest BCUT2D eigenvalue weighted by Gasteiger charge is 2.45. The van der Waals surface area contributed by atoms with E-state index in [-0.39, 0.29) is 36.3 Å². The molecule has 3 rings (SSSR count). The van der Waals surface area contributed by atoms with Gasteiger partial charge >= 0.3 is 0 Å². The van der Waals surface area contributed by atoms with Gasteiger partial charge in [0.05, 0.1) is 11.1 Å². The molecule has 9 nitrogen and oxygen atoms in total. The molecule has 0 spiro atoms. The lowest BCUT2D eigenvalue weighted by Crippen LogP contribution is -2.54. The predicted octanol–water partition coefficient (Wildman–Crippen LogP) is 0.155. The number of unbranched alkanes of at least 4 members (excludes halogenated alkanes) is 1. The van der Waals surface area contributed by atoms with Crippen LogP contribution in [0.5, 0.6) is 0 Å². The molecule has 1 unspecified atom stereocenters. The lowest BCUT2D eigenvalue weighted by atomic mass is 10.0. The first-order chi connectivity index (χ1) is 12.9. The number of carbonyl (C=O) groups excluding carboxylic acids is 5. The van der Waals surface area contributed by atoms with E-state index in [0.29, 0.717) is 25.1 Å². The van der Waals surface area contributed by atoms with Gasteiger partial charge in [-0.15, -0.1) is 0 Å². The second kappa shape index (κ2) is 7.56. The third kappa shape index (κ3) is 3.67. The summed E-state index contributed by atoms with van der Waals surface area (Å²) in [6.07, 6.45) is 1.77. The maximum absolute atomic E-state index is 12.9. The number of primary amides is 1. The van der Waals surface area contributed by atoms with Crippen LogP contribution in [0.1, 0.15) is 52.8 Å². The third-order valence-electron chi connectivity index (χ3n) is 4.63. The molecule has 0 aliphatic carbocycles. The summed E-state index contributed by atoms with van der Waals surface area (Å²) in [6, 6.07) is 3.90. The lowest BCUT2D eigenvalue weighted by Gasteiger charge is -2.27. The van der Waals surface area contributed by atoms with E-state index < -0.39 is 29.7 Å². The Morgan fingerprint density at radius 3 is 2.67 bits per heavy atom. The highest BCUT2D eigenvalue weighted by atomic mass is 16.2. The van der Waals surface area contributed by atoms with E-state index >= 15 is 0 Å². The number of amides is 5. The van der Waals surface area contributed by atoms with Crippen molar-refractivity contribution in [1.29, 1.82) is 0 Å². The fourth-order valence-corrected chi connectivity index (χ4v) is 3.31. The molecular weight excluding hydrogens is 352 g/mol. The summed E-state index contributed by atoms with van der Waals surface area (Å²) in [7, 11) is 0. The van der Waals surface area contributed by atoms with Crippen LogP contribution in [0.2, 0.25) is 0 Å². The zero-order valence-corrected chi connectivity index (χ0v) is 14.6. The van der Waals surface area contributed by atoms with E-state index in [1.165, 1.54) is 0 Å². The first-order valence-corrected chi connectivity index (χ1v) is 8.77. The van der Waals surface area contributed by atoms with Crippen molar-refractivity contribution in [2.75, 3.05) is 11.9 Å². The maximum Gasteiger partial charge on any atom is 0.264 e. The number of hydrogen-bond acceptors (Lipinski definition) is 6. The van der Waals surface area contributed by atoms with Crippen LogP contribution in [0.3, 0.4) is 0 Å². The summed E-state index contributed by atoms with van der Waals surface area (Å²) in [5.41, 5.74) is 6.05. The molecule has 4 N–H and O–H groups in total. The summed E-state index contributed by atoms with van der Waals surface area (Å²) >= 11 is 0. The van der Waals surface area contributed by atoms with Crippen LogP contribution >= 0.6 is 0 Å². The van der Waals surface area contributed by atoms with Crippen LogP contribution in [-0.2, 0) is 14.4 Å². The van der Waals surface area contributed by atoms with Gasteiger partial charge in [-0.1, -0.05) is 6.07 Å². The average molecular weight is 372 g/mol. The van der Waals surface area contributed by atoms with Crippen molar-refractivity contribution < 1.29 is 24.0 Å². The van der Waals surface area contributed by atoms with Crippen LogP contribution in [0.4, 0.5) is 5.69 Å². The number of piperidine rings is 1. The summed E-state index contributed by atoms with van der Waals surface area (Å²) in [5.74, 6) is -2.50.